The summed E-state index contributed by atoms with van der Waals surface area (Å²) in [6, 6.07) is 0. The molecule has 0 spiro atoms. The Hall–Kier alpha value is -0.990. The van der Waals surface area contributed by atoms with Crippen LogP contribution in [0.5, 0.6) is 0 Å². The first kappa shape index (κ1) is 38.0. The molecule has 2 atom stereocenters. The zero-order valence-corrected chi connectivity index (χ0v) is 26.5. The molecule has 1 N–H and O–H groups in total. The van der Waals surface area contributed by atoms with Crippen LogP contribution in [0, 0.1) is 0 Å². The van der Waals surface area contributed by atoms with Crippen molar-refractivity contribution >= 4 is 19.8 Å². The van der Waals surface area contributed by atoms with Gasteiger partial charge in [-0.2, -0.15) is 0 Å². The van der Waals surface area contributed by atoms with Crippen LogP contribution >= 0.6 is 7.82 Å². The van der Waals surface area contributed by atoms with Crippen LogP contribution in [0.2, 0.25) is 0 Å². The average Bonchev–Trinajstić information content (AvgIpc) is 2.86. The summed E-state index contributed by atoms with van der Waals surface area (Å²) in [6.45, 7) is 3.81. The SMILES string of the molecule is CCCCCCCCCCCCCCCCCC(=O)OC(COC(=O)CC)COP(=O)(O)OCC[N+](C)(C)C. The number of hydrogen-bond donors (Lipinski definition) is 1. The van der Waals surface area contributed by atoms with E-state index in [4.69, 9.17) is 18.5 Å². The van der Waals surface area contributed by atoms with Crippen LogP contribution in [0.1, 0.15) is 123 Å². The van der Waals surface area contributed by atoms with Crippen molar-refractivity contribution in [1.82, 2.24) is 0 Å². The summed E-state index contributed by atoms with van der Waals surface area (Å²) < 4.78 is 33.2. The second kappa shape index (κ2) is 23.7. The number of carbonyl (C=O) groups is 2. The molecule has 0 aliphatic rings. The number of likely N-dealkylation sites (N-methyl/N-ethyl adjacent to an activating group) is 1. The van der Waals surface area contributed by atoms with E-state index in [1.165, 1.54) is 77.0 Å². The number of ether oxygens (including phenoxy) is 2. The van der Waals surface area contributed by atoms with Crippen LogP contribution in [-0.2, 0) is 32.7 Å². The smallest absolute Gasteiger partial charge is 0.462 e. The Labute approximate surface area is 238 Å². The van der Waals surface area contributed by atoms with Gasteiger partial charge >= 0.3 is 19.8 Å². The molecule has 10 heteroatoms. The maximum absolute atomic E-state index is 12.3. The van der Waals surface area contributed by atoms with E-state index >= 15 is 0 Å². The molecule has 0 bridgehead atoms. The van der Waals surface area contributed by atoms with Crippen molar-refractivity contribution in [2.45, 2.75) is 129 Å². The average molecular weight is 581 g/mol. The van der Waals surface area contributed by atoms with Crippen LogP contribution < -0.4 is 0 Å². The van der Waals surface area contributed by atoms with E-state index in [9.17, 15) is 19.0 Å². The molecular weight excluding hydrogens is 521 g/mol. The quantitative estimate of drug-likeness (QED) is 0.0481. The van der Waals surface area contributed by atoms with Crippen LogP contribution in [0.4, 0.5) is 0 Å². The number of rotatable bonds is 27. The van der Waals surface area contributed by atoms with Crippen molar-refractivity contribution in [3.05, 3.63) is 0 Å². The van der Waals surface area contributed by atoms with Crippen molar-refractivity contribution in [2.24, 2.45) is 0 Å². The van der Waals surface area contributed by atoms with E-state index in [1.807, 2.05) is 21.1 Å². The van der Waals surface area contributed by atoms with Gasteiger partial charge < -0.3 is 18.9 Å². The van der Waals surface area contributed by atoms with Gasteiger partial charge in [0.1, 0.15) is 19.8 Å². The Morgan fingerprint density at radius 1 is 0.718 bits per heavy atom. The number of phosphoric acid groups is 1. The Bertz CT molecular complexity index is 668. The van der Waals surface area contributed by atoms with Crippen molar-refractivity contribution in [1.29, 1.82) is 0 Å². The van der Waals surface area contributed by atoms with Gasteiger partial charge in [-0.05, 0) is 6.42 Å². The largest absolute Gasteiger partial charge is 0.472 e. The van der Waals surface area contributed by atoms with Gasteiger partial charge in [-0.3, -0.25) is 18.6 Å². The molecule has 0 aromatic heterocycles. The van der Waals surface area contributed by atoms with Crippen molar-refractivity contribution in [3.8, 4) is 0 Å². The molecule has 0 fully saturated rings. The minimum Gasteiger partial charge on any atom is -0.462 e. The summed E-state index contributed by atoms with van der Waals surface area (Å²) in [5, 5.41) is 0. The third-order valence-corrected chi connectivity index (χ3v) is 7.43. The van der Waals surface area contributed by atoms with Crippen molar-refractivity contribution in [3.63, 3.8) is 0 Å². The fourth-order valence-corrected chi connectivity index (χ4v) is 4.68. The molecule has 0 amide bonds. The van der Waals surface area contributed by atoms with Gasteiger partial charge in [0.2, 0.25) is 0 Å². The number of unbranched alkanes of at least 4 members (excludes halogenated alkanes) is 14. The predicted octanol–water partition coefficient (Wildman–Crippen LogP) is 6.95. The molecule has 0 heterocycles. The molecule has 9 nitrogen and oxygen atoms in total. The highest BCUT2D eigenvalue weighted by atomic mass is 31.2. The van der Waals surface area contributed by atoms with Gasteiger partial charge in [-0.15, -0.1) is 0 Å². The number of phosphoric ester groups is 1. The third-order valence-electron chi connectivity index (χ3n) is 6.44. The Balaban J connectivity index is 4.08. The van der Waals surface area contributed by atoms with E-state index in [0.29, 0.717) is 17.4 Å². The van der Waals surface area contributed by atoms with Gasteiger partial charge in [0.15, 0.2) is 6.10 Å². The Kier molecular flexibility index (Phi) is 23.1. The molecule has 0 saturated heterocycles. The normalized spacial score (nSPS) is 14.1. The van der Waals surface area contributed by atoms with Gasteiger partial charge in [0.05, 0.1) is 27.7 Å². The summed E-state index contributed by atoms with van der Waals surface area (Å²) in [4.78, 5) is 33.8. The van der Waals surface area contributed by atoms with E-state index in [1.54, 1.807) is 6.92 Å². The lowest BCUT2D eigenvalue weighted by Gasteiger charge is -2.24. The molecule has 0 saturated carbocycles. The van der Waals surface area contributed by atoms with Gasteiger partial charge in [-0.25, -0.2) is 4.57 Å². The first-order valence-electron chi connectivity index (χ1n) is 15.3. The minimum atomic E-state index is -4.33. The molecule has 0 radical (unpaired) electrons. The van der Waals surface area contributed by atoms with E-state index in [-0.39, 0.29) is 26.1 Å². The number of hydrogen-bond acceptors (Lipinski definition) is 7. The van der Waals surface area contributed by atoms with Crippen molar-refractivity contribution in [2.75, 3.05) is 47.5 Å². The molecule has 39 heavy (non-hydrogen) atoms. The highest BCUT2D eigenvalue weighted by Crippen LogP contribution is 2.43. The van der Waals surface area contributed by atoms with E-state index < -0.39 is 32.5 Å². The fraction of sp³-hybridized carbons (Fsp3) is 0.931. The van der Waals surface area contributed by atoms with Crippen LogP contribution in [0.3, 0.4) is 0 Å². The maximum Gasteiger partial charge on any atom is 0.472 e. The topological polar surface area (TPSA) is 108 Å². The highest BCUT2D eigenvalue weighted by molar-refractivity contribution is 7.47. The molecular formula is C29H59NO8P+. The monoisotopic (exact) mass is 580 g/mol. The summed E-state index contributed by atoms with van der Waals surface area (Å²) in [6.07, 6.45) is 18.1. The van der Waals surface area contributed by atoms with Gasteiger partial charge in [0, 0.05) is 12.8 Å². The van der Waals surface area contributed by atoms with Gasteiger partial charge in [-0.1, -0.05) is 104 Å². The molecule has 2 unspecified atom stereocenters. The summed E-state index contributed by atoms with van der Waals surface area (Å²) in [5.74, 6) is -0.894. The second-order valence-electron chi connectivity index (χ2n) is 11.5. The highest BCUT2D eigenvalue weighted by Gasteiger charge is 2.26. The molecule has 0 aromatic rings. The summed E-state index contributed by atoms with van der Waals surface area (Å²) >= 11 is 0. The zero-order chi connectivity index (χ0) is 29.4. The standard InChI is InChI=1S/C29H58NO8P/c1-6-8-9-10-11-12-13-14-15-16-17-18-19-20-21-22-29(32)38-27(25-35-28(31)7-2)26-37-39(33,34)36-24-23-30(3,4)5/h27H,6-26H2,1-5H3/p+1. The fourth-order valence-electron chi connectivity index (χ4n) is 3.93. The third kappa shape index (κ3) is 27.0. The minimum absolute atomic E-state index is 0.0335. The first-order valence-corrected chi connectivity index (χ1v) is 16.8. The lowest BCUT2D eigenvalue weighted by atomic mass is 10.0. The van der Waals surface area contributed by atoms with Crippen LogP contribution in [0.15, 0.2) is 0 Å². The molecule has 0 aromatic carbocycles. The summed E-state index contributed by atoms with van der Waals surface area (Å²) in [7, 11) is 1.47. The molecule has 0 aliphatic carbocycles. The number of quaternary nitrogens is 1. The van der Waals surface area contributed by atoms with Crippen molar-refractivity contribution < 1.29 is 42.1 Å². The Morgan fingerprint density at radius 3 is 1.67 bits per heavy atom. The summed E-state index contributed by atoms with van der Waals surface area (Å²) in [5.41, 5.74) is 0. The van der Waals surface area contributed by atoms with E-state index in [0.717, 1.165) is 12.8 Å². The van der Waals surface area contributed by atoms with E-state index in [2.05, 4.69) is 6.92 Å². The lowest BCUT2D eigenvalue weighted by Crippen LogP contribution is -2.37. The molecule has 0 aliphatic heterocycles. The number of carbonyl (C=O) groups excluding carboxylic acids is 2. The van der Waals surface area contributed by atoms with Gasteiger partial charge in [0.25, 0.3) is 0 Å². The zero-order valence-electron chi connectivity index (χ0n) is 25.6. The number of nitrogens with zero attached hydrogens (tertiary/aromatic N) is 1. The predicted molar refractivity (Wildman–Crippen MR) is 155 cm³/mol. The van der Waals surface area contributed by atoms with Crippen LogP contribution in [0.25, 0.3) is 0 Å². The molecule has 0 rings (SSSR count). The second-order valence-corrected chi connectivity index (χ2v) is 12.9. The molecule has 232 valence electrons. The lowest BCUT2D eigenvalue weighted by molar-refractivity contribution is -0.870. The Morgan fingerprint density at radius 2 is 1.21 bits per heavy atom. The maximum atomic E-state index is 12.3. The first-order chi connectivity index (χ1) is 18.5. The van der Waals surface area contributed by atoms with Crippen LogP contribution in [-0.4, -0.2) is 74.9 Å². The number of esters is 2.